The quantitative estimate of drug-likeness (QED) is 0.767. The van der Waals surface area contributed by atoms with Crippen LogP contribution in [0.3, 0.4) is 0 Å². The van der Waals surface area contributed by atoms with Crippen molar-refractivity contribution in [2.45, 2.75) is 13.3 Å². The van der Waals surface area contributed by atoms with Crippen molar-refractivity contribution in [1.29, 1.82) is 0 Å². The van der Waals surface area contributed by atoms with Gasteiger partial charge in [-0.15, -0.1) is 11.3 Å². The molecule has 0 unspecified atom stereocenters. The van der Waals surface area contributed by atoms with Crippen LogP contribution in [0, 0.1) is 0 Å². The van der Waals surface area contributed by atoms with E-state index >= 15 is 0 Å². The number of carbonyl (C=O) groups excluding carboxylic acids is 1. The fraction of sp³-hybridized carbons (Fsp3) is 0.316. The van der Waals surface area contributed by atoms with Gasteiger partial charge in [0.05, 0.1) is 5.39 Å². The van der Waals surface area contributed by atoms with Crippen molar-refractivity contribution >= 4 is 39.0 Å². The topological polar surface area (TPSA) is 75.3 Å². The van der Waals surface area contributed by atoms with Crippen molar-refractivity contribution in [2.75, 3.05) is 36.0 Å². The Morgan fingerprint density at radius 2 is 1.81 bits per heavy atom. The van der Waals surface area contributed by atoms with Crippen molar-refractivity contribution in [1.82, 2.24) is 9.97 Å². The van der Waals surface area contributed by atoms with Crippen LogP contribution in [-0.4, -0.2) is 42.1 Å². The van der Waals surface area contributed by atoms with E-state index in [9.17, 15) is 4.79 Å². The number of aryl methyl sites for hydroxylation is 1. The third kappa shape index (κ3) is 3.10. The zero-order valence-corrected chi connectivity index (χ0v) is 15.5. The average Bonchev–Trinajstić information content (AvgIpc) is 3.11. The van der Waals surface area contributed by atoms with Crippen molar-refractivity contribution < 1.29 is 4.79 Å². The van der Waals surface area contributed by atoms with Gasteiger partial charge in [-0.1, -0.05) is 6.92 Å². The summed E-state index contributed by atoms with van der Waals surface area (Å²) in [5.74, 6) is 0.644. The van der Waals surface area contributed by atoms with Gasteiger partial charge in [-0.2, -0.15) is 0 Å². The number of benzene rings is 1. The third-order valence-corrected chi connectivity index (χ3v) is 5.99. The number of fused-ring (bicyclic) bond motifs is 1. The number of nitrogens with zero attached hydrogens (tertiary/aromatic N) is 4. The Kier molecular flexibility index (Phi) is 4.46. The average molecular weight is 367 g/mol. The van der Waals surface area contributed by atoms with E-state index in [1.54, 1.807) is 29.8 Å². The van der Waals surface area contributed by atoms with Crippen molar-refractivity contribution in [3.8, 4) is 0 Å². The highest BCUT2D eigenvalue weighted by Crippen LogP contribution is 2.31. The molecule has 2 N–H and O–H groups in total. The largest absolute Gasteiger partial charge is 0.368 e. The van der Waals surface area contributed by atoms with E-state index in [1.807, 2.05) is 12.1 Å². The summed E-state index contributed by atoms with van der Waals surface area (Å²) in [4.78, 5) is 27.3. The van der Waals surface area contributed by atoms with Crippen molar-refractivity contribution in [2.24, 2.45) is 5.73 Å². The first-order valence-corrected chi connectivity index (χ1v) is 9.60. The lowest BCUT2D eigenvalue weighted by atomic mass is 10.1. The smallest absolute Gasteiger partial charge is 0.248 e. The highest BCUT2D eigenvalue weighted by atomic mass is 32.1. The van der Waals surface area contributed by atoms with Crippen LogP contribution in [-0.2, 0) is 6.42 Å². The van der Waals surface area contributed by atoms with Gasteiger partial charge in [-0.05, 0) is 36.8 Å². The summed E-state index contributed by atoms with van der Waals surface area (Å²) in [7, 11) is 0. The number of nitrogens with two attached hydrogens (primary N) is 1. The second-order valence-electron chi connectivity index (χ2n) is 6.37. The molecule has 3 aromatic rings. The van der Waals surface area contributed by atoms with Gasteiger partial charge in [-0.3, -0.25) is 4.79 Å². The molecule has 3 heterocycles. The molecule has 4 rings (SSSR count). The SMILES string of the molecule is CCc1cc2c(N3CCN(c4ccc(C(N)=O)cc4)CC3)ncnc2s1. The lowest BCUT2D eigenvalue weighted by Gasteiger charge is -2.37. The molecular formula is C19H21N5OS. The van der Waals surface area contributed by atoms with Crippen LogP contribution >= 0.6 is 11.3 Å². The minimum absolute atomic E-state index is 0.392. The van der Waals surface area contributed by atoms with Crippen LogP contribution in [0.25, 0.3) is 10.2 Å². The van der Waals surface area contributed by atoms with Crippen LogP contribution in [0.15, 0.2) is 36.7 Å². The molecule has 1 aromatic carbocycles. The first-order valence-electron chi connectivity index (χ1n) is 8.79. The van der Waals surface area contributed by atoms with Gasteiger partial charge in [-0.25, -0.2) is 9.97 Å². The van der Waals surface area contributed by atoms with E-state index in [4.69, 9.17) is 5.73 Å². The van der Waals surface area contributed by atoms with Crippen LogP contribution in [0.1, 0.15) is 22.2 Å². The van der Waals surface area contributed by atoms with Gasteiger partial charge >= 0.3 is 0 Å². The molecule has 134 valence electrons. The van der Waals surface area contributed by atoms with E-state index in [0.29, 0.717) is 5.56 Å². The summed E-state index contributed by atoms with van der Waals surface area (Å²) in [6, 6.07) is 9.73. The lowest BCUT2D eigenvalue weighted by molar-refractivity contribution is 0.100. The third-order valence-electron chi connectivity index (χ3n) is 4.80. The van der Waals surface area contributed by atoms with Crippen LogP contribution < -0.4 is 15.5 Å². The van der Waals surface area contributed by atoms with Crippen LogP contribution in [0.4, 0.5) is 11.5 Å². The van der Waals surface area contributed by atoms with E-state index in [1.165, 1.54) is 4.88 Å². The highest BCUT2D eigenvalue weighted by molar-refractivity contribution is 7.18. The Hall–Kier alpha value is -2.67. The van der Waals surface area contributed by atoms with Gasteiger partial charge < -0.3 is 15.5 Å². The molecule has 7 heteroatoms. The summed E-state index contributed by atoms with van der Waals surface area (Å²) in [5, 5.41) is 1.16. The Morgan fingerprint density at radius 1 is 1.12 bits per heavy atom. The molecule has 0 spiro atoms. The maximum Gasteiger partial charge on any atom is 0.248 e. The van der Waals surface area contributed by atoms with E-state index in [2.05, 4.69) is 32.8 Å². The number of hydrogen-bond donors (Lipinski definition) is 1. The predicted octanol–water partition coefficient (Wildman–Crippen LogP) is 2.68. The Labute approximate surface area is 156 Å². The predicted molar refractivity (Wildman–Crippen MR) is 106 cm³/mol. The van der Waals surface area contributed by atoms with Crippen LogP contribution in [0.2, 0.25) is 0 Å². The number of aromatic nitrogens is 2. The number of piperazine rings is 1. The van der Waals surface area contributed by atoms with Gasteiger partial charge in [0.15, 0.2) is 0 Å². The number of amides is 1. The molecule has 1 aliphatic rings. The zero-order chi connectivity index (χ0) is 18.1. The second-order valence-corrected chi connectivity index (χ2v) is 7.48. The van der Waals surface area contributed by atoms with E-state index in [0.717, 1.165) is 54.3 Å². The number of hydrogen-bond acceptors (Lipinski definition) is 6. The molecule has 1 saturated heterocycles. The van der Waals surface area contributed by atoms with E-state index < -0.39 is 5.91 Å². The van der Waals surface area contributed by atoms with Gasteiger partial charge in [0.2, 0.25) is 5.91 Å². The van der Waals surface area contributed by atoms with Crippen LogP contribution in [0.5, 0.6) is 0 Å². The number of rotatable bonds is 4. The van der Waals surface area contributed by atoms with Gasteiger partial charge in [0, 0.05) is 42.3 Å². The fourth-order valence-corrected chi connectivity index (χ4v) is 4.26. The summed E-state index contributed by atoms with van der Waals surface area (Å²) in [6.07, 6.45) is 2.69. The minimum atomic E-state index is -0.392. The summed E-state index contributed by atoms with van der Waals surface area (Å²) in [6.45, 7) is 5.79. The molecule has 0 saturated carbocycles. The summed E-state index contributed by atoms with van der Waals surface area (Å²) >= 11 is 1.75. The molecule has 1 aliphatic heterocycles. The number of carbonyl (C=O) groups is 1. The first kappa shape index (κ1) is 16.8. The molecule has 0 radical (unpaired) electrons. The summed E-state index contributed by atoms with van der Waals surface area (Å²) in [5.41, 5.74) is 6.97. The molecule has 0 bridgehead atoms. The molecule has 6 nitrogen and oxygen atoms in total. The van der Waals surface area contributed by atoms with Gasteiger partial charge in [0.25, 0.3) is 0 Å². The fourth-order valence-electron chi connectivity index (χ4n) is 3.33. The Balaban J connectivity index is 1.50. The number of primary amides is 1. The monoisotopic (exact) mass is 367 g/mol. The Morgan fingerprint density at radius 3 is 2.46 bits per heavy atom. The van der Waals surface area contributed by atoms with E-state index in [-0.39, 0.29) is 0 Å². The maximum absolute atomic E-state index is 11.2. The lowest BCUT2D eigenvalue weighted by Crippen LogP contribution is -2.46. The minimum Gasteiger partial charge on any atom is -0.368 e. The number of thiophene rings is 1. The molecule has 2 aromatic heterocycles. The number of anilines is 2. The standard InChI is InChI=1S/C19H21N5OS/c1-2-15-11-16-18(21-12-22-19(16)26-15)24-9-7-23(8-10-24)14-5-3-13(4-6-14)17(20)25/h3-6,11-12H,2,7-10H2,1H3,(H2,20,25). The molecule has 1 amide bonds. The molecular weight excluding hydrogens is 346 g/mol. The molecule has 0 aliphatic carbocycles. The normalized spacial score (nSPS) is 14.8. The van der Waals surface area contributed by atoms with Crippen molar-refractivity contribution in [3.63, 3.8) is 0 Å². The highest BCUT2D eigenvalue weighted by Gasteiger charge is 2.21. The molecule has 0 atom stereocenters. The molecule has 1 fully saturated rings. The van der Waals surface area contributed by atoms with Gasteiger partial charge in [0.1, 0.15) is 17.0 Å². The van der Waals surface area contributed by atoms with Crippen molar-refractivity contribution in [3.05, 3.63) is 47.1 Å². The second kappa shape index (κ2) is 6.92. The maximum atomic E-state index is 11.2. The first-order chi connectivity index (χ1) is 12.7. The summed E-state index contributed by atoms with van der Waals surface area (Å²) < 4.78 is 0. The molecule has 26 heavy (non-hydrogen) atoms. The Bertz CT molecular complexity index is 929. The zero-order valence-electron chi connectivity index (χ0n) is 14.7.